The van der Waals surface area contributed by atoms with Crippen LogP contribution in [0, 0.1) is 0 Å². The van der Waals surface area contributed by atoms with E-state index in [-0.39, 0.29) is 29.8 Å². The average molecular weight is 879 g/mol. The van der Waals surface area contributed by atoms with Crippen molar-refractivity contribution in [3.63, 3.8) is 0 Å². The largest absolute Gasteiger partial charge is 0.438 e. The van der Waals surface area contributed by atoms with Gasteiger partial charge in [-0.15, -0.1) is 0 Å². The predicted molar refractivity (Wildman–Crippen MR) is 237 cm³/mol. The molecule has 1 aromatic heterocycles. The van der Waals surface area contributed by atoms with Crippen LogP contribution in [0.25, 0.3) is 11.1 Å². The number of hydrogen-bond donors (Lipinski definition) is 3. The molecule has 4 aromatic carbocycles. The van der Waals surface area contributed by atoms with E-state index in [0.29, 0.717) is 38.8 Å². The Hall–Kier alpha value is -5.23. The second kappa shape index (κ2) is 18.2. The second-order valence-electron chi connectivity index (χ2n) is 17.3. The maximum Gasteiger partial charge on any atom is 0.411 e. The third kappa shape index (κ3) is 10.7. The van der Waals surface area contributed by atoms with Gasteiger partial charge in [0.1, 0.15) is 11.2 Å². The standard InChI is InChI=1S/C27H30N2O4.C22H26BrNO3/c1-19(20-9-11-21(12-10-20)22-13-14-24(30)28-17-22)29-16-15-27(33-25(29)31,18-26(2,3)32)23-7-5-4-6-8-23;1-16(17-9-11-19(23)12-10-17)24-14-13-22(27-20(24)25,15-21(2,3)26)18-7-5-4-6-8-18/h4-14,17,19,32H,15-16,18H2,1-3H3,(H,28,30);4-12,16,26H,13-15H2,1-3H3/t19-,27-;16-,22-/m00/s1. The highest BCUT2D eigenvalue weighted by atomic mass is 79.9. The van der Waals surface area contributed by atoms with Gasteiger partial charge in [0.15, 0.2) is 0 Å². The minimum absolute atomic E-state index is 0.0819. The Balaban J connectivity index is 0.000000205. The molecule has 3 N–H and O–H groups in total. The minimum atomic E-state index is -0.985. The molecule has 7 rings (SSSR count). The number of aliphatic hydroxyl groups is 2. The number of carbonyl (C=O) groups is 2. The van der Waals surface area contributed by atoms with Gasteiger partial charge in [-0.2, -0.15) is 0 Å². The van der Waals surface area contributed by atoms with Crippen molar-refractivity contribution in [1.82, 2.24) is 14.8 Å². The fourth-order valence-electron chi connectivity index (χ4n) is 8.43. The van der Waals surface area contributed by atoms with Crippen molar-refractivity contribution in [2.45, 2.75) is 102 Å². The van der Waals surface area contributed by atoms with Crippen LogP contribution in [0.5, 0.6) is 0 Å². The first-order valence-corrected chi connectivity index (χ1v) is 21.3. The lowest BCUT2D eigenvalue weighted by Crippen LogP contribution is -2.51. The van der Waals surface area contributed by atoms with Gasteiger partial charge in [-0.3, -0.25) is 4.79 Å². The topological polar surface area (TPSA) is 132 Å². The molecule has 2 saturated heterocycles. The number of carbonyl (C=O) groups excluding carboxylic acids is 2. The molecule has 0 unspecified atom stereocenters. The zero-order valence-electron chi connectivity index (χ0n) is 35.2. The van der Waals surface area contributed by atoms with Gasteiger partial charge in [-0.25, -0.2) is 9.59 Å². The Morgan fingerprint density at radius 1 is 0.617 bits per heavy atom. The number of hydrogen-bond acceptors (Lipinski definition) is 7. The number of cyclic esters (lactones) is 2. The third-order valence-corrected chi connectivity index (χ3v) is 11.9. The molecule has 60 heavy (non-hydrogen) atoms. The number of benzene rings is 4. The Morgan fingerprint density at radius 2 is 1.02 bits per heavy atom. The number of pyridine rings is 1. The van der Waals surface area contributed by atoms with E-state index in [1.54, 1.807) is 49.8 Å². The lowest BCUT2D eigenvalue weighted by molar-refractivity contribution is -0.102. The SMILES string of the molecule is C[C@@H](c1ccc(-c2ccc(=O)[nH]c2)cc1)N1CC[C@](CC(C)(C)O)(c2ccccc2)OC1=O.C[C@@H](c1ccc(Br)cc1)N1CC[C@](CC(C)(C)O)(c2ccccc2)OC1=O. The lowest BCUT2D eigenvalue weighted by Gasteiger charge is -2.45. The van der Waals surface area contributed by atoms with E-state index in [4.69, 9.17) is 9.47 Å². The molecule has 2 aliphatic heterocycles. The zero-order valence-corrected chi connectivity index (χ0v) is 36.8. The molecule has 0 radical (unpaired) electrons. The lowest BCUT2D eigenvalue weighted by atomic mass is 9.80. The van der Waals surface area contributed by atoms with Gasteiger partial charge in [-0.05, 0) is 93.1 Å². The van der Waals surface area contributed by atoms with E-state index in [0.717, 1.165) is 37.9 Å². The molecule has 5 aromatic rings. The summed E-state index contributed by atoms with van der Waals surface area (Å²) in [5.41, 5.74) is 2.05. The molecule has 11 heteroatoms. The number of halogens is 1. The summed E-state index contributed by atoms with van der Waals surface area (Å²) in [6.45, 7) is 12.1. The highest BCUT2D eigenvalue weighted by Crippen LogP contribution is 2.44. The Kier molecular flexibility index (Phi) is 13.4. The summed E-state index contributed by atoms with van der Waals surface area (Å²) in [4.78, 5) is 43.6. The summed E-state index contributed by atoms with van der Waals surface area (Å²) >= 11 is 3.44. The van der Waals surface area contributed by atoms with Crippen LogP contribution in [0.4, 0.5) is 9.59 Å². The highest BCUT2D eigenvalue weighted by molar-refractivity contribution is 9.10. The number of aromatic amines is 1. The van der Waals surface area contributed by atoms with Crippen molar-refractivity contribution in [3.8, 4) is 11.1 Å². The van der Waals surface area contributed by atoms with Crippen molar-refractivity contribution < 1.29 is 29.3 Å². The van der Waals surface area contributed by atoms with E-state index in [9.17, 15) is 24.6 Å². The summed E-state index contributed by atoms with van der Waals surface area (Å²) in [7, 11) is 0. The van der Waals surface area contributed by atoms with Gasteiger partial charge < -0.3 is 34.5 Å². The smallest absolute Gasteiger partial charge is 0.411 e. The van der Waals surface area contributed by atoms with Gasteiger partial charge in [0.05, 0.1) is 23.3 Å². The summed E-state index contributed by atoms with van der Waals surface area (Å²) in [5, 5.41) is 21.0. The van der Waals surface area contributed by atoms with Crippen molar-refractivity contribution in [3.05, 3.63) is 165 Å². The average Bonchev–Trinajstić information content (AvgIpc) is 3.21. The Labute approximate surface area is 361 Å². The van der Waals surface area contributed by atoms with E-state index in [1.807, 2.05) is 123 Å². The molecule has 0 spiro atoms. The van der Waals surface area contributed by atoms with Crippen LogP contribution in [0.2, 0.25) is 0 Å². The molecule has 2 aliphatic rings. The summed E-state index contributed by atoms with van der Waals surface area (Å²) < 4.78 is 13.1. The quantitative estimate of drug-likeness (QED) is 0.120. The number of nitrogens with zero attached hydrogens (tertiary/aromatic N) is 2. The molecule has 0 saturated carbocycles. The zero-order chi connectivity index (χ0) is 43.3. The van der Waals surface area contributed by atoms with Crippen LogP contribution < -0.4 is 5.56 Å². The highest BCUT2D eigenvalue weighted by Gasteiger charge is 2.47. The molecule has 4 atom stereocenters. The number of ether oxygens (including phenoxy) is 2. The molecule has 316 valence electrons. The predicted octanol–water partition coefficient (Wildman–Crippen LogP) is 10.4. The first kappa shape index (κ1) is 44.3. The van der Waals surface area contributed by atoms with Crippen molar-refractivity contribution in [1.29, 1.82) is 0 Å². The number of H-pyrrole nitrogens is 1. The van der Waals surface area contributed by atoms with Crippen LogP contribution in [0.1, 0.15) is 102 Å². The van der Waals surface area contributed by atoms with Gasteiger partial charge in [0.25, 0.3) is 0 Å². The maximum atomic E-state index is 13.2. The number of aromatic nitrogens is 1. The fourth-order valence-corrected chi connectivity index (χ4v) is 8.69. The minimum Gasteiger partial charge on any atom is -0.438 e. The van der Waals surface area contributed by atoms with Gasteiger partial charge in [-0.1, -0.05) is 113 Å². The van der Waals surface area contributed by atoms with Crippen LogP contribution in [0.3, 0.4) is 0 Å². The number of amides is 2. The van der Waals surface area contributed by atoms with Crippen molar-refractivity contribution in [2.24, 2.45) is 0 Å². The molecule has 10 nitrogen and oxygen atoms in total. The summed E-state index contributed by atoms with van der Waals surface area (Å²) in [5.74, 6) is 0. The fraction of sp³-hybridized carbons (Fsp3) is 0.367. The van der Waals surface area contributed by atoms with Crippen LogP contribution in [-0.4, -0.2) is 61.5 Å². The molecule has 0 aliphatic carbocycles. The molecule has 2 amide bonds. The molecule has 0 bridgehead atoms. The van der Waals surface area contributed by atoms with Crippen LogP contribution in [0.15, 0.2) is 137 Å². The van der Waals surface area contributed by atoms with Gasteiger partial charge in [0, 0.05) is 55.5 Å². The maximum absolute atomic E-state index is 13.2. The molecular weight excluding hydrogens is 822 g/mol. The molecular formula is C49H56BrN3O7. The number of rotatable bonds is 11. The molecule has 3 heterocycles. The van der Waals surface area contributed by atoms with Gasteiger partial charge >= 0.3 is 12.2 Å². The summed E-state index contributed by atoms with van der Waals surface area (Å²) in [6, 6.07) is 38.4. The van der Waals surface area contributed by atoms with Crippen molar-refractivity contribution >= 4 is 28.1 Å². The first-order valence-electron chi connectivity index (χ1n) is 20.5. The van der Waals surface area contributed by atoms with E-state index in [2.05, 4.69) is 20.9 Å². The Bertz CT molecular complexity index is 2250. The Morgan fingerprint density at radius 3 is 1.38 bits per heavy atom. The van der Waals surface area contributed by atoms with E-state index >= 15 is 0 Å². The van der Waals surface area contributed by atoms with E-state index < -0.39 is 22.4 Å². The van der Waals surface area contributed by atoms with E-state index in [1.165, 1.54) is 6.07 Å². The summed E-state index contributed by atoms with van der Waals surface area (Å²) in [6.07, 6.45) is 2.87. The van der Waals surface area contributed by atoms with Gasteiger partial charge in [0.2, 0.25) is 5.56 Å². The third-order valence-electron chi connectivity index (χ3n) is 11.4. The first-order chi connectivity index (χ1) is 28.4. The molecule has 2 fully saturated rings. The number of nitrogens with one attached hydrogen (secondary N) is 1. The van der Waals surface area contributed by atoms with Crippen molar-refractivity contribution in [2.75, 3.05) is 13.1 Å². The van der Waals surface area contributed by atoms with Crippen LogP contribution >= 0.6 is 15.9 Å². The normalized spacial score (nSPS) is 20.6. The second-order valence-corrected chi connectivity index (χ2v) is 18.2. The van der Waals surface area contributed by atoms with Crippen LogP contribution in [-0.2, 0) is 20.7 Å². The monoisotopic (exact) mass is 877 g/mol.